The van der Waals surface area contributed by atoms with Crippen LogP contribution in [0.4, 0.5) is 5.82 Å². The smallest absolute Gasteiger partial charge is 0.242 e. The molecule has 0 radical (unpaired) electrons. The zero-order valence-corrected chi connectivity index (χ0v) is 10.5. The summed E-state index contributed by atoms with van der Waals surface area (Å²) in [6.45, 7) is 5.58. The van der Waals surface area contributed by atoms with Crippen LogP contribution in [0.25, 0.3) is 0 Å². The quantitative estimate of drug-likeness (QED) is 0.830. The monoisotopic (exact) mass is 243 g/mol. The van der Waals surface area contributed by atoms with E-state index in [0.29, 0.717) is 12.2 Å². The molecule has 0 aliphatic rings. The summed E-state index contributed by atoms with van der Waals surface area (Å²) in [5, 5.41) is 0. The molecule has 0 aromatic carbocycles. The van der Waals surface area contributed by atoms with Gasteiger partial charge in [0.15, 0.2) is 0 Å². The van der Waals surface area contributed by atoms with Crippen LogP contribution in [0.3, 0.4) is 0 Å². The Bertz CT molecular complexity index is 451. The zero-order valence-electron chi connectivity index (χ0n) is 9.69. The molecule has 0 fully saturated rings. The molecule has 0 spiro atoms. The van der Waals surface area contributed by atoms with E-state index >= 15 is 0 Å². The highest BCUT2D eigenvalue weighted by Gasteiger charge is 2.24. The van der Waals surface area contributed by atoms with Crippen molar-refractivity contribution in [2.45, 2.75) is 37.6 Å². The number of nitrogens with two attached hydrogens (primary N) is 1. The van der Waals surface area contributed by atoms with E-state index in [-0.39, 0.29) is 4.90 Å². The molecule has 0 bridgehead atoms. The van der Waals surface area contributed by atoms with Crippen molar-refractivity contribution in [1.29, 1.82) is 0 Å². The van der Waals surface area contributed by atoms with Gasteiger partial charge in [-0.1, -0.05) is 6.92 Å². The summed E-state index contributed by atoms with van der Waals surface area (Å²) < 4.78 is 26.5. The van der Waals surface area contributed by atoms with Gasteiger partial charge in [-0.25, -0.2) is 18.1 Å². The maximum absolute atomic E-state index is 11.9. The van der Waals surface area contributed by atoms with Crippen molar-refractivity contribution >= 4 is 15.8 Å². The van der Waals surface area contributed by atoms with Gasteiger partial charge in [-0.2, -0.15) is 0 Å². The Kier molecular flexibility index (Phi) is 3.54. The molecular formula is C10H17N3O2S. The largest absolute Gasteiger partial charge is 0.384 e. The SMILES string of the molecule is CCC(C)(C)NS(=O)(=O)c1ccc(N)nc1. The van der Waals surface area contributed by atoms with Crippen molar-refractivity contribution in [3.8, 4) is 0 Å². The van der Waals surface area contributed by atoms with Crippen LogP contribution in [0.1, 0.15) is 27.2 Å². The summed E-state index contributed by atoms with van der Waals surface area (Å²) in [5.74, 6) is 0.300. The van der Waals surface area contributed by atoms with Gasteiger partial charge >= 0.3 is 0 Å². The van der Waals surface area contributed by atoms with Crippen molar-refractivity contribution in [3.05, 3.63) is 18.3 Å². The number of sulfonamides is 1. The Hall–Kier alpha value is -1.14. The molecule has 1 rings (SSSR count). The van der Waals surface area contributed by atoms with Gasteiger partial charge in [0.25, 0.3) is 0 Å². The van der Waals surface area contributed by atoms with Crippen LogP contribution in [-0.4, -0.2) is 18.9 Å². The maximum Gasteiger partial charge on any atom is 0.242 e. The molecule has 1 heterocycles. The summed E-state index contributed by atoms with van der Waals surface area (Å²) in [4.78, 5) is 3.89. The molecule has 0 atom stereocenters. The number of nitrogen functional groups attached to an aromatic ring is 1. The van der Waals surface area contributed by atoms with Crippen LogP contribution in [0, 0.1) is 0 Å². The zero-order chi connectivity index (χ0) is 12.4. The predicted molar refractivity (Wildman–Crippen MR) is 63.3 cm³/mol. The van der Waals surface area contributed by atoms with E-state index in [1.807, 2.05) is 20.8 Å². The van der Waals surface area contributed by atoms with Gasteiger partial charge in [0, 0.05) is 11.7 Å². The van der Waals surface area contributed by atoms with Gasteiger partial charge in [-0.3, -0.25) is 0 Å². The van der Waals surface area contributed by atoms with E-state index in [1.54, 1.807) is 0 Å². The Labute approximate surface area is 96.1 Å². The highest BCUT2D eigenvalue weighted by Crippen LogP contribution is 2.15. The van der Waals surface area contributed by atoms with Gasteiger partial charge < -0.3 is 5.73 Å². The van der Waals surface area contributed by atoms with E-state index in [9.17, 15) is 8.42 Å². The third-order valence-corrected chi connectivity index (χ3v) is 4.05. The van der Waals surface area contributed by atoms with E-state index in [4.69, 9.17) is 5.73 Å². The van der Waals surface area contributed by atoms with Crippen LogP contribution in [-0.2, 0) is 10.0 Å². The van der Waals surface area contributed by atoms with Crippen molar-refractivity contribution in [3.63, 3.8) is 0 Å². The van der Waals surface area contributed by atoms with Gasteiger partial charge in [0.2, 0.25) is 10.0 Å². The van der Waals surface area contributed by atoms with E-state index < -0.39 is 15.6 Å². The normalized spacial score (nSPS) is 12.7. The minimum Gasteiger partial charge on any atom is -0.384 e. The number of nitrogens with one attached hydrogen (secondary N) is 1. The second-order valence-electron chi connectivity index (χ2n) is 4.26. The number of pyridine rings is 1. The molecule has 0 saturated carbocycles. The summed E-state index contributed by atoms with van der Waals surface area (Å²) >= 11 is 0. The summed E-state index contributed by atoms with van der Waals surface area (Å²) in [5.41, 5.74) is 4.93. The second-order valence-corrected chi connectivity index (χ2v) is 5.94. The molecule has 1 aromatic heterocycles. The molecule has 16 heavy (non-hydrogen) atoms. The summed E-state index contributed by atoms with van der Waals surface area (Å²) in [7, 11) is -3.51. The van der Waals surface area contributed by atoms with Gasteiger partial charge in [0.05, 0.1) is 0 Å². The van der Waals surface area contributed by atoms with Crippen LogP contribution in [0.15, 0.2) is 23.2 Å². The molecular weight excluding hydrogens is 226 g/mol. The second kappa shape index (κ2) is 4.39. The minimum atomic E-state index is -3.51. The first-order valence-corrected chi connectivity index (χ1v) is 6.51. The Balaban J connectivity index is 2.99. The molecule has 0 saturated heterocycles. The number of nitrogens with zero attached hydrogens (tertiary/aromatic N) is 1. The fourth-order valence-corrected chi connectivity index (χ4v) is 2.47. The predicted octanol–water partition coefficient (Wildman–Crippen LogP) is 1.13. The lowest BCUT2D eigenvalue weighted by Gasteiger charge is -2.23. The Morgan fingerprint density at radius 3 is 2.50 bits per heavy atom. The third kappa shape index (κ3) is 3.18. The Morgan fingerprint density at radius 2 is 2.06 bits per heavy atom. The first-order valence-electron chi connectivity index (χ1n) is 5.02. The standard InChI is InChI=1S/C10H17N3O2S/c1-4-10(2,3)13-16(14,15)8-5-6-9(11)12-7-8/h5-7,13H,4H2,1-3H3,(H2,11,12). The summed E-state index contributed by atoms with van der Waals surface area (Å²) in [6, 6.07) is 2.91. The molecule has 3 N–H and O–H groups in total. The van der Waals surface area contributed by atoms with Crippen molar-refractivity contribution in [1.82, 2.24) is 9.71 Å². The minimum absolute atomic E-state index is 0.128. The first kappa shape index (κ1) is 12.9. The number of anilines is 1. The molecule has 6 heteroatoms. The van der Waals surface area contributed by atoms with Crippen molar-refractivity contribution in [2.24, 2.45) is 0 Å². The lowest BCUT2D eigenvalue weighted by molar-refractivity contribution is 0.439. The van der Waals surface area contributed by atoms with Crippen molar-refractivity contribution in [2.75, 3.05) is 5.73 Å². The van der Waals surface area contributed by atoms with Crippen molar-refractivity contribution < 1.29 is 8.42 Å². The average Bonchev–Trinajstić information content (AvgIpc) is 2.17. The Morgan fingerprint density at radius 1 is 1.44 bits per heavy atom. The fraction of sp³-hybridized carbons (Fsp3) is 0.500. The van der Waals surface area contributed by atoms with Gasteiger partial charge in [-0.05, 0) is 32.4 Å². The highest BCUT2D eigenvalue weighted by atomic mass is 32.2. The van der Waals surface area contributed by atoms with Crippen LogP contribution < -0.4 is 10.5 Å². The van der Waals surface area contributed by atoms with E-state index in [1.165, 1.54) is 18.3 Å². The lowest BCUT2D eigenvalue weighted by Crippen LogP contribution is -2.42. The molecule has 1 aromatic rings. The number of aromatic nitrogens is 1. The molecule has 0 aliphatic carbocycles. The highest BCUT2D eigenvalue weighted by molar-refractivity contribution is 7.89. The van der Waals surface area contributed by atoms with Crippen LogP contribution >= 0.6 is 0 Å². The third-order valence-electron chi connectivity index (χ3n) is 2.36. The van der Waals surface area contributed by atoms with Gasteiger partial charge in [-0.15, -0.1) is 0 Å². The van der Waals surface area contributed by atoms with Crippen LogP contribution in [0.5, 0.6) is 0 Å². The molecule has 90 valence electrons. The molecule has 0 amide bonds. The number of hydrogen-bond donors (Lipinski definition) is 2. The summed E-state index contributed by atoms with van der Waals surface area (Å²) in [6.07, 6.45) is 1.96. The lowest BCUT2D eigenvalue weighted by atomic mass is 10.0. The topological polar surface area (TPSA) is 85.1 Å². The van der Waals surface area contributed by atoms with Crippen LogP contribution in [0.2, 0.25) is 0 Å². The number of hydrogen-bond acceptors (Lipinski definition) is 4. The van der Waals surface area contributed by atoms with Gasteiger partial charge in [0.1, 0.15) is 10.7 Å². The first-order chi connectivity index (χ1) is 7.27. The average molecular weight is 243 g/mol. The maximum atomic E-state index is 11.9. The fourth-order valence-electron chi connectivity index (χ4n) is 1.05. The molecule has 5 nitrogen and oxygen atoms in total. The molecule has 0 unspecified atom stereocenters. The van der Waals surface area contributed by atoms with E-state index in [2.05, 4.69) is 9.71 Å². The van der Waals surface area contributed by atoms with E-state index in [0.717, 1.165) is 0 Å². The molecule has 0 aliphatic heterocycles. The number of rotatable bonds is 4.